The molecule has 1 rings (SSSR count). The Balaban J connectivity index is 3.29. The van der Waals surface area contributed by atoms with Crippen LogP contribution in [0.3, 0.4) is 0 Å². The average Bonchev–Trinajstić information content (AvgIpc) is 2.11. The van der Waals surface area contributed by atoms with E-state index in [4.69, 9.17) is 22.4 Å². The van der Waals surface area contributed by atoms with E-state index in [2.05, 4.69) is 0 Å². The van der Waals surface area contributed by atoms with Crippen LogP contribution in [0.1, 0.15) is 12.5 Å². The number of nitrogens with two attached hydrogens (primary N) is 1. The first kappa shape index (κ1) is 11.4. The predicted octanol–water partition coefficient (Wildman–Crippen LogP) is 1.78. The Hall–Kier alpha value is -0.710. The highest BCUT2D eigenvalue weighted by Crippen LogP contribution is 2.25. The van der Waals surface area contributed by atoms with Gasteiger partial charge in [-0.3, -0.25) is 0 Å². The molecule has 0 fully saturated rings. The summed E-state index contributed by atoms with van der Waals surface area (Å²) in [5.74, 6) is -1.48. The Morgan fingerprint density at radius 3 is 2.50 bits per heavy atom. The van der Waals surface area contributed by atoms with Crippen LogP contribution in [0.5, 0.6) is 0 Å². The molecular weight excluding hydrogens is 212 g/mol. The summed E-state index contributed by atoms with van der Waals surface area (Å²) in [5, 5.41) is 8.58. The number of aliphatic hydroxyl groups is 1. The van der Waals surface area contributed by atoms with E-state index >= 15 is 0 Å². The normalized spacial score (nSPS) is 15.3. The molecule has 0 aliphatic rings. The predicted molar refractivity (Wildman–Crippen MR) is 50.0 cm³/mol. The lowest BCUT2D eigenvalue weighted by Crippen LogP contribution is -2.38. The van der Waals surface area contributed by atoms with Crippen LogP contribution in [0.25, 0.3) is 0 Å². The number of rotatable bonds is 2. The average molecular weight is 222 g/mol. The van der Waals surface area contributed by atoms with Crippen LogP contribution >= 0.6 is 11.6 Å². The van der Waals surface area contributed by atoms with Crippen molar-refractivity contribution in [1.82, 2.24) is 0 Å². The maximum atomic E-state index is 13.3. The minimum Gasteiger partial charge on any atom is -0.394 e. The third-order valence-corrected chi connectivity index (χ3v) is 2.24. The minimum atomic E-state index is -1.31. The molecule has 1 aromatic rings. The van der Waals surface area contributed by atoms with Gasteiger partial charge in [0.15, 0.2) is 0 Å². The summed E-state index contributed by atoms with van der Waals surface area (Å²) in [5.41, 5.74) is 4.15. The van der Waals surface area contributed by atoms with Crippen molar-refractivity contribution in [1.29, 1.82) is 0 Å². The quantitative estimate of drug-likeness (QED) is 0.748. The molecule has 0 aliphatic heterocycles. The van der Waals surface area contributed by atoms with Crippen LogP contribution in [0.4, 0.5) is 8.78 Å². The highest BCUT2D eigenvalue weighted by atomic mass is 35.5. The van der Waals surface area contributed by atoms with E-state index < -0.39 is 23.8 Å². The second-order valence-corrected chi connectivity index (χ2v) is 3.73. The molecule has 0 aliphatic carbocycles. The first-order valence-corrected chi connectivity index (χ1v) is 4.31. The maximum absolute atomic E-state index is 13.3. The lowest BCUT2D eigenvalue weighted by Gasteiger charge is -2.22. The zero-order valence-electron chi connectivity index (χ0n) is 7.52. The van der Waals surface area contributed by atoms with E-state index in [1.807, 2.05) is 0 Å². The van der Waals surface area contributed by atoms with Crippen molar-refractivity contribution in [3.63, 3.8) is 0 Å². The topological polar surface area (TPSA) is 46.2 Å². The largest absolute Gasteiger partial charge is 0.394 e. The molecule has 0 aromatic heterocycles. The van der Waals surface area contributed by atoms with Crippen LogP contribution in [0.15, 0.2) is 12.1 Å². The van der Waals surface area contributed by atoms with E-state index in [0.717, 1.165) is 12.1 Å². The van der Waals surface area contributed by atoms with Crippen molar-refractivity contribution in [2.75, 3.05) is 6.61 Å². The molecule has 0 amide bonds. The molecule has 0 spiro atoms. The van der Waals surface area contributed by atoms with Gasteiger partial charge in [-0.25, -0.2) is 8.78 Å². The highest BCUT2D eigenvalue weighted by Gasteiger charge is 2.25. The Bertz CT molecular complexity index is 355. The van der Waals surface area contributed by atoms with Gasteiger partial charge in [0.2, 0.25) is 0 Å². The molecule has 5 heteroatoms. The molecule has 0 bridgehead atoms. The summed E-state index contributed by atoms with van der Waals surface area (Å²) in [6.07, 6.45) is 0. The Morgan fingerprint density at radius 1 is 1.43 bits per heavy atom. The summed E-state index contributed by atoms with van der Waals surface area (Å²) >= 11 is 5.36. The van der Waals surface area contributed by atoms with Crippen LogP contribution in [0.2, 0.25) is 5.02 Å². The third-order valence-electron chi connectivity index (χ3n) is 1.95. The minimum absolute atomic E-state index is 0.0955. The maximum Gasteiger partial charge on any atom is 0.142 e. The van der Waals surface area contributed by atoms with Crippen LogP contribution in [0, 0.1) is 11.6 Å². The molecule has 1 atom stereocenters. The van der Waals surface area contributed by atoms with Gasteiger partial charge in [0.05, 0.1) is 17.2 Å². The second kappa shape index (κ2) is 3.81. The number of hydrogen-bond donors (Lipinski definition) is 2. The molecule has 78 valence electrons. The van der Waals surface area contributed by atoms with Crippen LogP contribution < -0.4 is 5.73 Å². The Labute approximate surface area is 85.3 Å². The molecule has 0 saturated heterocycles. The SMILES string of the molecule is C[C@@](N)(CO)c1cc(F)c(Cl)cc1F. The van der Waals surface area contributed by atoms with Gasteiger partial charge in [0.25, 0.3) is 0 Å². The van der Waals surface area contributed by atoms with Crippen molar-refractivity contribution < 1.29 is 13.9 Å². The van der Waals surface area contributed by atoms with Crippen molar-refractivity contribution >= 4 is 11.6 Å². The van der Waals surface area contributed by atoms with Gasteiger partial charge in [0.1, 0.15) is 11.6 Å². The van der Waals surface area contributed by atoms with Crippen LogP contribution in [-0.4, -0.2) is 11.7 Å². The van der Waals surface area contributed by atoms with E-state index in [0.29, 0.717) is 0 Å². The zero-order chi connectivity index (χ0) is 10.9. The first-order valence-electron chi connectivity index (χ1n) is 3.93. The lowest BCUT2D eigenvalue weighted by molar-refractivity contribution is 0.206. The van der Waals surface area contributed by atoms with Crippen LogP contribution in [-0.2, 0) is 5.54 Å². The molecule has 1 aromatic carbocycles. The number of aliphatic hydroxyl groups excluding tert-OH is 1. The van der Waals surface area contributed by atoms with Crippen molar-refractivity contribution in [3.05, 3.63) is 34.4 Å². The van der Waals surface area contributed by atoms with E-state index in [9.17, 15) is 8.78 Å². The monoisotopic (exact) mass is 221 g/mol. The van der Waals surface area contributed by atoms with Gasteiger partial charge >= 0.3 is 0 Å². The number of benzene rings is 1. The second-order valence-electron chi connectivity index (χ2n) is 3.32. The van der Waals surface area contributed by atoms with Crippen molar-refractivity contribution in [2.24, 2.45) is 5.73 Å². The van der Waals surface area contributed by atoms with Gasteiger partial charge in [-0.05, 0) is 19.1 Å². The first-order chi connectivity index (χ1) is 6.38. The van der Waals surface area contributed by atoms with E-state index in [1.54, 1.807) is 0 Å². The summed E-state index contributed by atoms with van der Waals surface area (Å²) in [7, 11) is 0. The fraction of sp³-hybridized carbons (Fsp3) is 0.333. The summed E-state index contributed by atoms with van der Waals surface area (Å²) in [6, 6.07) is 1.74. The summed E-state index contributed by atoms with van der Waals surface area (Å²) < 4.78 is 26.3. The van der Waals surface area contributed by atoms with Gasteiger partial charge < -0.3 is 10.8 Å². The third kappa shape index (κ3) is 2.03. The standard InChI is InChI=1S/C9H10ClF2NO/c1-9(13,4-14)5-2-8(12)6(10)3-7(5)11/h2-3,14H,4,13H2,1H3/t9-/m1/s1. The van der Waals surface area contributed by atoms with Gasteiger partial charge in [0, 0.05) is 5.56 Å². The van der Waals surface area contributed by atoms with Gasteiger partial charge in [-0.1, -0.05) is 11.6 Å². The highest BCUT2D eigenvalue weighted by molar-refractivity contribution is 6.30. The molecule has 3 N–H and O–H groups in total. The number of halogens is 3. The Kier molecular flexibility index (Phi) is 3.09. The Morgan fingerprint density at radius 2 is 2.00 bits per heavy atom. The number of hydrogen-bond acceptors (Lipinski definition) is 2. The molecule has 0 unspecified atom stereocenters. The zero-order valence-corrected chi connectivity index (χ0v) is 8.28. The van der Waals surface area contributed by atoms with E-state index in [-0.39, 0.29) is 10.6 Å². The molecular formula is C9H10ClF2NO. The van der Waals surface area contributed by atoms with Gasteiger partial charge in [-0.2, -0.15) is 0 Å². The molecule has 0 saturated carbocycles. The van der Waals surface area contributed by atoms with Crippen molar-refractivity contribution in [2.45, 2.75) is 12.5 Å². The fourth-order valence-corrected chi connectivity index (χ4v) is 1.20. The summed E-state index contributed by atoms with van der Waals surface area (Å²) in [4.78, 5) is 0. The molecule has 14 heavy (non-hydrogen) atoms. The van der Waals surface area contributed by atoms with Crippen molar-refractivity contribution in [3.8, 4) is 0 Å². The molecule has 0 radical (unpaired) electrons. The molecule has 2 nitrogen and oxygen atoms in total. The molecule has 0 heterocycles. The lowest BCUT2D eigenvalue weighted by atomic mass is 9.93. The van der Waals surface area contributed by atoms with Gasteiger partial charge in [-0.15, -0.1) is 0 Å². The summed E-state index contributed by atoms with van der Waals surface area (Å²) in [6.45, 7) is 0.920. The fourth-order valence-electron chi connectivity index (χ4n) is 1.05. The smallest absolute Gasteiger partial charge is 0.142 e. The van der Waals surface area contributed by atoms with E-state index in [1.165, 1.54) is 6.92 Å².